The Labute approximate surface area is 95.7 Å². The number of carbonyl (C=O) groups is 2. The predicted molar refractivity (Wildman–Crippen MR) is 57.4 cm³/mol. The van der Waals surface area contributed by atoms with Crippen molar-refractivity contribution in [3.63, 3.8) is 0 Å². The zero-order chi connectivity index (χ0) is 11.0. The van der Waals surface area contributed by atoms with Gasteiger partial charge in [0.05, 0.1) is 5.57 Å². The van der Waals surface area contributed by atoms with E-state index in [1.165, 1.54) is 0 Å². The van der Waals surface area contributed by atoms with Crippen LogP contribution in [-0.2, 0) is 9.59 Å². The van der Waals surface area contributed by atoms with Gasteiger partial charge in [0.2, 0.25) is 0 Å². The summed E-state index contributed by atoms with van der Waals surface area (Å²) in [6.45, 7) is 0. The molecule has 0 fully saturated rings. The number of amides is 2. The number of carbonyl (C=O) groups excluding carboxylic acids is 2. The largest absolute Gasteiger partial charge is 0.287 e. The average Bonchev–Trinajstić information content (AvgIpc) is 2.41. The van der Waals surface area contributed by atoms with E-state index in [9.17, 15) is 9.59 Å². The van der Waals surface area contributed by atoms with Gasteiger partial charge in [0.15, 0.2) is 0 Å². The first-order valence-corrected chi connectivity index (χ1v) is 4.86. The third-order valence-electron chi connectivity index (χ3n) is 1.99. The van der Waals surface area contributed by atoms with Crippen molar-refractivity contribution in [1.82, 2.24) is 5.32 Å². The fraction of sp³-hybridized carbons (Fsp3) is 0. The van der Waals surface area contributed by atoms with Crippen molar-refractivity contribution in [2.75, 3.05) is 0 Å². The van der Waals surface area contributed by atoms with E-state index in [2.05, 4.69) is 5.32 Å². The van der Waals surface area contributed by atoms with Crippen LogP contribution in [0.5, 0.6) is 0 Å². The Balaban J connectivity index is 2.56. The van der Waals surface area contributed by atoms with Gasteiger partial charge in [0, 0.05) is 5.02 Å². The summed E-state index contributed by atoms with van der Waals surface area (Å²) in [7, 11) is 0. The topological polar surface area (TPSA) is 46.2 Å². The lowest BCUT2D eigenvalue weighted by atomic mass is 10.1. The summed E-state index contributed by atoms with van der Waals surface area (Å²) in [6.07, 6.45) is 0. The van der Waals surface area contributed by atoms with Gasteiger partial charge in [-0.15, -0.1) is 0 Å². The molecule has 15 heavy (non-hydrogen) atoms. The Kier molecular flexibility index (Phi) is 2.50. The van der Waals surface area contributed by atoms with Gasteiger partial charge in [0.1, 0.15) is 5.03 Å². The van der Waals surface area contributed by atoms with Gasteiger partial charge >= 0.3 is 0 Å². The molecule has 0 aliphatic carbocycles. The lowest BCUT2D eigenvalue weighted by Crippen LogP contribution is -2.22. The lowest BCUT2D eigenvalue weighted by molar-refractivity contribution is -0.123. The minimum atomic E-state index is -0.573. The van der Waals surface area contributed by atoms with Gasteiger partial charge in [-0.1, -0.05) is 35.3 Å². The summed E-state index contributed by atoms with van der Waals surface area (Å²) >= 11 is 11.5. The standard InChI is InChI=1S/C10H5Cl2NO2/c11-6-3-1-2-5(4-6)7-8(12)10(15)13-9(7)14/h1-4H,(H,13,14,15). The molecule has 0 saturated carbocycles. The third-order valence-corrected chi connectivity index (χ3v) is 2.58. The molecule has 0 aromatic heterocycles. The molecule has 1 N–H and O–H groups in total. The van der Waals surface area contributed by atoms with Crippen LogP contribution in [0.15, 0.2) is 29.3 Å². The van der Waals surface area contributed by atoms with E-state index < -0.39 is 11.8 Å². The van der Waals surface area contributed by atoms with E-state index in [4.69, 9.17) is 23.2 Å². The second-order valence-electron chi connectivity index (χ2n) is 2.98. The van der Waals surface area contributed by atoms with Crippen LogP contribution >= 0.6 is 23.2 Å². The van der Waals surface area contributed by atoms with Crippen molar-refractivity contribution in [2.24, 2.45) is 0 Å². The molecule has 0 radical (unpaired) electrons. The van der Waals surface area contributed by atoms with Crippen LogP contribution in [0.4, 0.5) is 0 Å². The van der Waals surface area contributed by atoms with Crippen LogP contribution in [0.2, 0.25) is 5.02 Å². The van der Waals surface area contributed by atoms with Crippen molar-refractivity contribution in [3.8, 4) is 0 Å². The molecule has 1 aliphatic heterocycles. The van der Waals surface area contributed by atoms with E-state index in [0.717, 1.165) is 0 Å². The minimum Gasteiger partial charge on any atom is -0.287 e. The van der Waals surface area contributed by atoms with Gasteiger partial charge in [-0.2, -0.15) is 0 Å². The van der Waals surface area contributed by atoms with Crippen molar-refractivity contribution in [3.05, 3.63) is 39.9 Å². The first kappa shape index (κ1) is 10.2. The van der Waals surface area contributed by atoms with Crippen molar-refractivity contribution in [2.45, 2.75) is 0 Å². The highest BCUT2D eigenvalue weighted by Crippen LogP contribution is 2.27. The van der Waals surface area contributed by atoms with Crippen molar-refractivity contribution < 1.29 is 9.59 Å². The molecular formula is C10H5Cl2NO2. The first-order valence-electron chi connectivity index (χ1n) is 4.11. The van der Waals surface area contributed by atoms with E-state index in [1.807, 2.05) is 0 Å². The SMILES string of the molecule is O=C1NC(=O)C(c2cccc(Cl)c2)=C1Cl. The van der Waals surface area contributed by atoms with Crippen LogP contribution in [0.25, 0.3) is 5.57 Å². The molecule has 1 aromatic rings. The summed E-state index contributed by atoms with van der Waals surface area (Å²) in [5.41, 5.74) is 0.708. The fourth-order valence-electron chi connectivity index (χ4n) is 1.34. The maximum Gasteiger partial charge on any atom is 0.270 e. The predicted octanol–water partition coefficient (Wildman–Crippen LogP) is 1.95. The quantitative estimate of drug-likeness (QED) is 0.765. The van der Waals surface area contributed by atoms with Crippen molar-refractivity contribution in [1.29, 1.82) is 0 Å². The average molecular weight is 242 g/mol. The smallest absolute Gasteiger partial charge is 0.270 e. The van der Waals surface area contributed by atoms with Crippen LogP contribution in [-0.4, -0.2) is 11.8 Å². The number of hydrogen-bond acceptors (Lipinski definition) is 2. The third kappa shape index (κ3) is 1.76. The Morgan fingerprint density at radius 1 is 1.07 bits per heavy atom. The maximum absolute atomic E-state index is 11.4. The van der Waals surface area contributed by atoms with Crippen LogP contribution in [0, 0.1) is 0 Å². The number of nitrogens with one attached hydrogen (secondary N) is 1. The number of imide groups is 1. The fourth-order valence-corrected chi connectivity index (χ4v) is 1.77. The van der Waals surface area contributed by atoms with Gasteiger partial charge in [-0.3, -0.25) is 14.9 Å². The van der Waals surface area contributed by atoms with E-state index in [-0.39, 0.29) is 10.6 Å². The summed E-state index contributed by atoms with van der Waals surface area (Å²) in [6, 6.07) is 6.61. The zero-order valence-electron chi connectivity index (χ0n) is 7.38. The molecule has 0 unspecified atom stereocenters. The molecule has 1 aliphatic rings. The van der Waals surface area contributed by atoms with Gasteiger partial charge in [-0.25, -0.2) is 0 Å². The molecule has 3 nitrogen and oxygen atoms in total. The van der Waals surface area contributed by atoms with E-state index >= 15 is 0 Å². The molecule has 1 aromatic carbocycles. The van der Waals surface area contributed by atoms with Crippen LogP contribution in [0.1, 0.15) is 5.56 Å². The normalized spacial score (nSPS) is 15.9. The molecule has 0 saturated heterocycles. The van der Waals surface area contributed by atoms with Crippen LogP contribution in [0.3, 0.4) is 0 Å². The zero-order valence-corrected chi connectivity index (χ0v) is 8.89. The number of hydrogen-bond donors (Lipinski definition) is 1. The highest BCUT2D eigenvalue weighted by molar-refractivity contribution is 6.55. The highest BCUT2D eigenvalue weighted by Gasteiger charge is 2.29. The Hall–Kier alpha value is -1.32. The van der Waals surface area contributed by atoms with Gasteiger partial charge < -0.3 is 0 Å². The molecular weight excluding hydrogens is 237 g/mol. The molecule has 5 heteroatoms. The van der Waals surface area contributed by atoms with Crippen molar-refractivity contribution >= 4 is 40.6 Å². The summed E-state index contributed by atoms with van der Waals surface area (Å²) in [5, 5.41) is 2.50. The second-order valence-corrected chi connectivity index (χ2v) is 3.80. The maximum atomic E-state index is 11.4. The highest BCUT2D eigenvalue weighted by atomic mass is 35.5. The molecule has 2 rings (SSSR count). The summed E-state index contributed by atoms with van der Waals surface area (Å²) < 4.78 is 0. The van der Waals surface area contributed by atoms with Crippen LogP contribution < -0.4 is 5.32 Å². The first-order chi connectivity index (χ1) is 7.09. The molecule has 0 spiro atoms. The van der Waals surface area contributed by atoms with E-state index in [0.29, 0.717) is 10.6 Å². The van der Waals surface area contributed by atoms with Gasteiger partial charge in [0.25, 0.3) is 11.8 Å². The Morgan fingerprint density at radius 2 is 1.80 bits per heavy atom. The monoisotopic (exact) mass is 241 g/mol. The molecule has 76 valence electrons. The Morgan fingerprint density at radius 3 is 2.33 bits per heavy atom. The number of rotatable bonds is 1. The summed E-state index contributed by atoms with van der Waals surface area (Å²) in [4.78, 5) is 22.5. The van der Waals surface area contributed by atoms with E-state index in [1.54, 1.807) is 24.3 Å². The number of halogens is 2. The molecule has 1 heterocycles. The lowest BCUT2D eigenvalue weighted by Gasteiger charge is -2.00. The van der Waals surface area contributed by atoms with Gasteiger partial charge in [-0.05, 0) is 17.7 Å². The summed E-state index contributed by atoms with van der Waals surface area (Å²) in [5.74, 6) is -1.07. The Bertz CT molecular complexity index is 494. The molecule has 2 amide bonds. The molecule has 0 bridgehead atoms. The molecule has 0 atom stereocenters. The second kappa shape index (κ2) is 3.68. The minimum absolute atomic E-state index is 0.0951. The number of benzene rings is 1.